The molecule has 0 amide bonds. The number of hydrogen-bond donors (Lipinski definition) is 2. The van der Waals surface area contributed by atoms with Crippen molar-refractivity contribution in [3.63, 3.8) is 0 Å². The summed E-state index contributed by atoms with van der Waals surface area (Å²) < 4.78 is 0. The standard InChI is InChI=1S/C10H13ClN2S/c1-2-6-14-8-5-3-4-7(11)9(8)10(12)13/h3-5H,2,6H2,1H3,(H3,12,13). The molecule has 1 aromatic rings. The summed E-state index contributed by atoms with van der Waals surface area (Å²) in [5.41, 5.74) is 6.13. The minimum absolute atomic E-state index is 0.0363. The van der Waals surface area contributed by atoms with Crippen LogP contribution in [0, 0.1) is 5.41 Å². The normalized spacial score (nSPS) is 10.1. The first kappa shape index (κ1) is 11.4. The van der Waals surface area contributed by atoms with Crippen molar-refractivity contribution in [3.05, 3.63) is 28.8 Å². The van der Waals surface area contributed by atoms with Gasteiger partial charge >= 0.3 is 0 Å². The maximum Gasteiger partial charge on any atom is 0.125 e. The Morgan fingerprint density at radius 1 is 1.57 bits per heavy atom. The number of thioether (sulfide) groups is 1. The largest absolute Gasteiger partial charge is 0.384 e. The molecule has 0 aromatic heterocycles. The van der Waals surface area contributed by atoms with Crippen LogP contribution in [0.3, 0.4) is 0 Å². The maximum atomic E-state index is 7.43. The molecule has 2 nitrogen and oxygen atoms in total. The molecule has 0 radical (unpaired) electrons. The van der Waals surface area contributed by atoms with Gasteiger partial charge in [-0.05, 0) is 24.3 Å². The lowest BCUT2D eigenvalue weighted by atomic mass is 10.2. The van der Waals surface area contributed by atoms with Crippen LogP contribution in [0.5, 0.6) is 0 Å². The van der Waals surface area contributed by atoms with Crippen LogP contribution in [0.15, 0.2) is 23.1 Å². The molecule has 0 atom stereocenters. The first-order chi connectivity index (χ1) is 6.66. The van der Waals surface area contributed by atoms with E-state index in [1.165, 1.54) is 0 Å². The molecular formula is C10H13ClN2S. The third-order valence-electron chi connectivity index (χ3n) is 1.71. The fourth-order valence-corrected chi connectivity index (χ4v) is 2.39. The number of amidine groups is 1. The van der Waals surface area contributed by atoms with E-state index in [0.717, 1.165) is 17.1 Å². The summed E-state index contributed by atoms with van der Waals surface area (Å²) in [5, 5.41) is 7.99. The van der Waals surface area contributed by atoms with Gasteiger partial charge in [-0.15, -0.1) is 11.8 Å². The second kappa shape index (κ2) is 5.27. The number of halogens is 1. The minimum atomic E-state index is 0.0363. The van der Waals surface area contributed by atoms with E-state index in [0.29, 0.717) is 10.6 Å². The number of nitrogen functional groups attached to an aromatic ring is 1. The van der Waals surface area contributed by atoms with Gasteiger partial charge in [0, 0.05) is 10.5 Å². The molecule has 0 aliphatic rings. The molecule has 76 valence electrons. The fraction of sp³-hybridized carbons (Fsp3) is 0.300. The van der Waals surface area contributed by atoms with Gasteiger partial charge in [0.2, 0.25) is 0 Å². The molecule has 0 heterocycles. The molecule has 0 unspecified atom stereocenters. The summed E-state index contributed by atoms with van der Waals surface area (Å²) in [5.74, 6) is 1.05. The van der Waals surface area contributed by atoms with Crippen LogP contribution in [0.2, 0.25) is 5.02 Å². The molecule has 0 saturated heterocycles. The van der Waals surface area contributed by atoms with E-state index in [-0.39, 0.29) is 5.84 Å². The fourth-order valence-electron chi connectivity index (χ4n) is 1.10. The average molecular weight is 229 g/mol. The van der Waals surface area contributed by atoms with Crippen LogP contribution in [0.25, 0.3) is 0 Å². The summed E-state index contributed by atoms with van der Waals surface area (Å²) in [6.07, 6.45) is 1.09. The Hall–Kier alpha value is -0.670. The summed E-state index contributed by atoms with van der Waals surface area (Å²) in [7, 11) is 0. The van der Waals surface area contributed by atoms with Crippen LogP contribution < -0.4 is 5.73 Å². The molecule has 0 aliphatic heterocycles. The van der Waals surface area contributed by atoms with Crippen molar-refractivity contribution in [3.8, 4) is 0 Å². The van der Waals surface area contributed by atoms with E-state index in [4.69, 9.17) is 22.7 Å². The van der Waals surface area contributed by atoms with Gasteiger partial charge in [0.05, 0.1) is 5.02 Å². The lowest BCUT2D eigenvalue weighted by molar-refractivity contribution is 1.10. The average Bonchev–Trinajstić information content (AvgIpc) is 2.14. The van der Waals surface area contributed by atoms with Crippen molar-refractivity contribution in [1.29, 1.82) is 5.41 Å². The third kappa shape index (κ3) is 2.66. The highest BCUT2D eigenvalue weighted by Gasteiger charge is 2.09. The molecule has 0 spiro atoms. The van der Waals surface area contributed by atoms with Crippen LogP contribution in [0.1, 0.15) is 18.9 Å². The highest BCUT2D eigenvalue weighted by Crippen LogP contribution is 2.28. The molecule has 0 fully saturated rings. The molecule has 4 heteroatoms. The third-order valence-corrected chi connectivity index (χ3v) is 3.28. The van der Waals surface area contributed by atoms with E-state index < -0.39 is 0 Å². The monoisotopic (exact) mass is 228 g/mol. The topological polar surface area (TPSA) is 49.9 Å². The summed E-state index contributed by atoms with van der Waals surface area (Å²) in [6.45, 7) is 2.12. The van der Waals surface area contributed by atoms with Gasteiger partial charge in [-0.1, -0.05) is 24.6 Å². The van der Waals surface area contributed by atoms with Gasteiger partial charge in [0.1, 0.15) is 5.84 Å². The van der Waals surface area contributed by atoms with E-state index in [1.54, 1.807) is 17.8 Å². The molecule has 14 heavy (non-hydrogen) atoms. The van der Waals surface area contributed by atoms with Gasteiger partial charge in [0.25, 0.3) is 0 Å². The van der Waals surface area contributed by atoms with Crippen molar-refractivity contribution in [2.24, 2.45) is 5.73 Å². The summed E-state index contributed by atoms with van der Waals surface area (Å²) >= 11 is 7.65. The zero-order valence-corrected chi connectivity index (χ0v) is 9.58. The number of nitrogens with one attached hydrogen (secondary N) is 1. The predicted molar refractivity (Wildman–Crippen MR) is 63.5 cm³/mol. The van der Waals surface area contributed by atoms with Gasteiger partial charge < -0.3 is 5.73 Å². The first-order valence-corrected chi connectivity index (χ1v) is 5.79. The Labute approximate surface area is 93.3 Å². The van der Waals surface area contributed by atoms with E-state index in [9.17, 15) is 0 Å². The molecular weight excluding hydrogens is 216 g/mol. The van der Waals surface area contributed by atoms with Crippen molar-refractivity contribution >= 4 is 29.2 Å². The van der Waals surface area contributed by atoms with E-state index in [1.807, 2.05) is 12.1 Å². The lowest BCUT2D eigenvalue weighted by Crippen LogP contribution is -2.13. The second-order valence-electron chi connectivity index (χ2n) is 2.88. The van der Waals surface area contributed by atoms with Crippen LogP contribution in [-0.4, -0.2) is 11.6 Å². The van der Waals surface area contributed by atoms with Crippen molar-refractivity contribution < 1.29 is 0 Å². The zero-order chi connectivity index (χ0) is 10.6. The van der Waals surface area contributed by atoms with Crippen LogP contribution in [0.4, 0.5) is 0 Å². The van der Waals surface area contributed by atoms with Crippen molar-refractivity contribution in [1.82, 2.24) is 0 Å². The smallest absolute Gasteiger partial charge is 0.125 e. The highest BCUT2D eigenvalue weighted by atomic mass is 35.5. The first-order valence-electron chi connectivity index (χ1n) is 4.42. The molecule has 0 bridgehead atoms. The van der Waals surface area contributed by atoms with Gasteiger partial charge in [0.15, 0.2) is 0 Å². The molecule has 0 aliphatic carbocycles. The number of nitrogens with two attached hydrogens (primary N) is 1. The Kier molecular flexibility index (Phi) is 4.29. The van der Waals surface area contributed by atoms with Crippen molar-refractivity contribution in [2.75, 3.05) is 5.75 Å². The SMILES string of the molecule is CCCSc1cccc(Cl)c1C(=N)N. The Balaban J connectivity index is 3.02. The van der Waals surface area contributed by atoms with Gasteiger partial charge in [-0.25, -0.2) is 0 Å². The minimum Gasteiger partial charge on any atom is -0.384 e. The van der Waals surface area contributed by atoms with Gasteiger partial charge in [-0.2, -0.15) is 0 Å². The molecule has 1 aromatic carbocycles. The molecule has 1 rings (SSSR count). The van der Waals surface area contributed by atoms with Crippen molar-refractivity contribution in [2.45, 2.75) is 18.2 Å². The highest BCUT2D eigenvalue weighted by molar-refractivity contribution is 7.99. The van der Waals surface area contributed by atoms with Gasteiger partial charge in [-0.3, -0.25) is 5.41 Å². The van der Waals surface area contributed by atoms with E-state index >= 15 is 0 Å². The number of hydrogen-bond acceptors (Lipinski definition) is 2. The predicted octanol–water partition coefficient (Wildman–Crippen LogP) is 3.13. The Bertz CT molecular complexity index is 339. The van der Waals surface area contributed by atoms with E-state index in [2.05, 4.69) is 6.92 Å². The van der Waals surface area contributed by atoms with Crippen LogP contribution >= 0.6 is 23.4 Å². The second-order valence-corrected chi connectivity index (χ2v) is 4.42. The van der Waals surface area contributed by atoms with Crippen LogP contribution in [-0.2, 0) is 0 Å². The maximum absolute atomic E-state index is 7.43. The number of rotatable bonds is 4. The molecule has 0 saturated carbocycles. The summed E-state index contributed by atoms with van der Waals surface area (Å²) in [4.78, 5) is 0.992. The molecule has 3 N–H and O–H groups in total. The lowest BCUT2D eigenvalue weighted by Gasteiger charge is -2.08. The quantitative estimate of drug-likeness (QED) is 0.473. The number of benzene rings is 1. The summed E-state index contributed by atoms with van der Waals surface area (Å²) in [6, 6.07) is 5.59. The Morgan fingerprint density at radius 3 is 2.86 bits per heavy atom. The zero-order valence-electron chi connectivity index (χ0n) is 8.01. The Morgan fingerprint density at radius 2 is 2.29 bits per heavy atom.